The van der Waals surface area contributed by atoms with E-state index in [-0.39, 0.29) is 0 Å². The maximum absolute atomic E-state index is 12.8. The highest BCUT2D eigenvalue weighted by atomic mass is 19.1. The topological polar surface area (TPSA) is 115 Å². The highest BCUT2D eigenvalue weighted by molar-refractivity contribution is 5.74. The predicted octanol–water partition coefficient (Wildman–Crippen LogP) is 2.17. The molecule has 0 heterocycles. The molecule has 0 aromatic heterocycles. The Morgan fingerprint density at radius 1 is 0.692 bits per heavy atom. The van der Waals surface area contributed by atoms with Crippen molar-refractivity contribution in [3.8, 4) is 0 Å². The maximum Gasteiger partial charge on any atom is 0.337 e. The summed E-state index contributed by atoms with van der Waals surface area (Å²) in [7, 11) is 0. The molecule has 0 spiro atoms. The lowest BCUT2D eigenvalue weighted by Gasteiger charge is -2.06. The van der Waals surface area contributed by atoms with E-state index < -0.39 is 58.5 Å². The zero-order chi connectivity index (χ0) is 20.0. The van der Waals surface area contributed by atoms with Crippen molar-refractivity contribution in [2.24, 2.45) is 0 Å². The third kappa shape index (κ3) is 5.53. The van der Waals surface area contributed by atoms with Gasteiger partial charge in [-0.1, -0.05) is 0 Å². The third-order valence-electron chi connectivity index (χ3n) is 2.98. The van der Waals surface area contributed by atoms with Gasteiger partial charge in [-0.05, 0) is 30.3 Å². The number of rotatable bonds is 4. The molecule has 0 amide bonds. The highest BCUT2D eigenvalue weighted by Gasteiger charge is 2.20. The molecule has 2 atom stereocenters. The zero-order valence-corrected chi connectivity index (χ0v) is 12.7. The fourth-order valence-corrected chi connectivity index (χ4v) is 1.71. The summed E-state index contributed by atoms with van der Waals surface area (Å²) in [5.74, 6) is -6.84. The number of carboxylic acids is 2. The molecule has 0 aliphatic carbocycles. The smallest absolute Gasteiger partial charge is 0.337 e. The van der Waals surface area contributed by atoms with Gasteiger partial charge >= 0.3 is 11.9 Å². The van der Waals surface area contributed by atoms with Crippen LogP contribution in [0.25, 0.3) is 0 Å². The lowest BCUT2D eigenvalue weighted by molar-refractivity contribution is -0.147. The lowest BCUT2D eigenvalue weighted by Crippen LogP contribution is -2.12. The van der Waals surface area contributed by atoms with Gasteiger partial charge in [0.25, 0.3) is 0 Å². The first-order valence-electron chi connectivity index (χ1n) is 6.76. The molecular weight excluding hydrogens is 364 g/mol. The van der Waals surface area contributed by atoms with Crippen LogP contribution < -0.4 is 0 Å². The van der Waals surface area contributed by atoms with Crippen molar-refractivity contribution in [2.45, 2.75) is 12.2 Å². The molecule has 10 heteroatoms. The molecule has 140 valence electrons. The number of aliphatic hydroxyl groups excluding tert-OH is 2. The summed E-state index contributed by atoms with van der Waals surface area (Å²) in [4.78, 5) is 20.5. The van der Waals surface area contributed by atoms with Gasteiger partial charge in [0, 0.05) is 17.2 Å². The number of benzene rings is 2. The standard InChI is InChI=1S/2C8H6F2O3/c9-4-1-2-6(10)5(3-4)7(11)8(12)13;9-4-1-2-5(6(10)3-4)7(11)8(12)13/h2*1-3,7,11H,(H,12,13). The number of aliphatic carboxylic acids is 2. The van der Waals surface area contributed by atoms with Gasteiger partial charge in [0.15, 0.2) is 12.2 Å². The summed E-state index contributed by atoms with van der Waals surface area (Å²) >= 11 is 0. The van der Waals surface area contributed by atoms with Gasteiger partial charge in [-0.25, -0.2) is 27.2 Å². The molecule has 2 unspecified atom stereocenters. The fourth-order valence-electron chi connectivity index (χ4n) is 1.71. The van der Waals surface area contributed by atoms with Crippen molar-refractivity contribution in [1.29, 1.82) is 0 Å². The first-order chi connectivity index (χ1) is 12.0. The van der Waals surface area contributed by atoms with E-state index in [2.05, 4.69) is 0 Å². The number of hydrogen-bond acceptors (Lipinski definition) is 4. The van der Waals surface area contributed by atoms with E-state index in [4.69, 9.17) is 20.4 Å². The van der Waals surface area contributed by atoms with E-state index in [0.29, 0.717) is 12.1 Å². The molecule has 2 aromatic carbocycles. The molecule has 26 heavy (non-hydrogen) atoms. The van der Waals surface area contributed by atoms with Crippen LogP contribution in [0.2, 0.25) is 0 Å². The molecule has 6 nitrogen and oxygen atoms in total. The molecule has 0 radical (unpaired) electrons. The Hall–Kier alpha value is -2.98. The monoisotopic (exact) mass is 376 g/mol. The van der Waals surface area contributed by atoms with E-state index in [9.17, 15) is 27.2 Å². The first-order valence-corrected chi connectivity index (χ1v) is 6.76. The molecule has 4 N–H and O–H groups in total. The van der Waals surface area contributed by atoms with Gasteiger partial charge in [-0.15, -0.1) is 0 Å². The molecule has 0 fully saturated rings. The summed E-state index contributed by atoms with van der Waals surface area (Å²) in [6.07, 6.45) is -3.99. The minimum Gasteiger partial charge on any atom is -0.479 e. The van der Waals surface area contributed by atoms with Crippen molar-refractivity contribution >= 4 is 11.9 Å². The molecule has 0 aliphatic heterocycles. The Labute approximate surface area is 143 Å². The quantitative estimate of drug-likeness (QED) is 0.608. The van der Waals surface area contributed by atoms with Crippen LogP contribution in [0.1, 0.15) is 23.3 Å². The predicted molar refractivity (Wildman–Crippen MR) is 77.9 cm³/mol. The van der Waals surface area contributed by atoms with Crippen LogP contribution in [0.15, 0.2) is 36.4 Å². The largest absolute Gasteiger partial charge is 0.479 e. The minimum atomic E-state index is -2.03. The Balaban J connectivity index is 0.000000260. The SMILES string of the molecule is O=C(O)C(O)c1cc(F)ccc1F.O=C(O)C(O)c1ccc(F)cc1F. The van der Waals surface area contributed by atoms with Gasteiger partial charge in [0.2, 0.25) is 0 Å². The number of hydrogen-bond donors (Lipinski definition) is 4. The molecule has 2 aromatic rings. The molecule has 2 rings (SSSR count). The fraction of sp³-hybridized carbons (Fsp3) is 0.125. The van der Waals surface area contributed by atoms with Crippen LogP contribution in [-0.4, -0.2) is 32.4 Å². The van der Waals surface area contributed by atoms with E-state index in [1.807, 2.05) is 0 Å². The van der Waals surface area contributed by atoms with Gasteiger partial charge in [0.1, 0.15) is 23.3 Å². The van der Waals surface area contributed by atoms with Crippen LogP contribution in [0.5, 0.6) is 0 Å². The molecule has 0 aliphatic rings. The Bertz CT molecular complexity index is 811. The lowest BCUT2D eigenvalue weighted by atomic mass is 10.1. The second kappa shape index (κ2) is 8.92. The van der Waals surface area contributed by atoms with Crippen molar-refractivity contribution < 1.29 is 47.6 Å². The van der Waals surface area contributed by atoms with Gasteiger partial charge < -0.3 is 20.4 Å². The van der Waals surface area contributed by atoms with Crippen LogP contribution in [0.4, 0.5) is 17.6 Å². The summed E-state index contributed by atoms with van der Waals surface area (Å²) in [5.41, 5.74) is -1.03. The minimum absolute atomic E-state index is 0.450. The van der Waals surface area contributed by atoms with Crippen LogP contribution in [0, 0.1) is 23.3 Å². The van der Waals surface area contributed by atoms with Gasteiger partial charge in [-0.2, -0.15) is 0 Å². The van der Waals surface area contributed by atoms with E-state index in [1.165, 1.54) is 0 Å². The molecule has 0 saturated heterocycles. The van der Waals surface area contributed by atoms with Crippen molar-refractivity contribution in [2.75, 3.05) is 0 Å². The summed E-state index contributed by atoms with van der Waals surface area (Å²) in [6, 6.07) is 4.54. The molecular formula is C16H12F4O6. The van der Waals surface area contributed by atoms with E-state index in [0.717, 1.165) is 24.3 Å². The Morgan fingerprint density at radius 3 is 1.65 bits per heavy atom. The Morgan fingerprint density at radius 2 is 1.15 bits per heavy atom. The number of carboxylic acid groups (broad SMARTS) is 2. The number of carbonyl (C=O) groups is 2. The first kappa shape index (κ1) is 21.1. The highest BCUT2D eigenvalue weighted by Crippen LogP contribution is 2.18. The van der Waals surface area contributed by atoms with E-state index in [1.54, 1.807) is 0 Å². The van der Waals surface area contributed by atoms with E-state index >= 15 is 0 Å². The molecule has 0 bridgehead atoms. The number of aliphatic hydroxyl groups is 2. The van der Waals surface area contributed by atoms with Crippen LogP contribution in [-0.2, 0) is 9.59 Å². The Kier molecular flexibility index (Phi) is 7.23. The second-order valence-corrected chi connectivity index (χ2v) is 4.81. The van der Waals surface area contributed by atoms with Gasteiger partial charge in [-0.3, -0.25) is 0 Å². The summed E-state index contributed by atoms with van der Waals surface area (Å²) in [6.45, 7) is 0. The van der Waals surface area contributed by atoms with Crippen molar-refractivity contribution in [1.82, 2.24) is 0 Å². The third-order valence-corrected chi connectivity index (χ3v) is 2.98. The summed E-state index contributed by atoms with van der Waals surface area (Å²) in [5, 5.41) is 34.4. The molecule has 0 saturated carbocycles. The number of halogens is 4. The van der Waals surface area contributed by atoms with Crippen LogP contribution >= 0.6 is 0 Å². The van der Waals surface area contributed by atoms with Gasteiger partial charge in [0.05, 0.1) is 0 Å². The zero-order valence-electron chi connectivity index (χ0n) is 12.7. The summed E-state index contributed by atoms with van der Waals surface area (Å²) < 4.78 is 50.4. The van der Waals surface area contributed by atoms with Crippen molar-refractivity contribution in [3.63, 3.8) is 0 Å². The van der Waals surface area contributed by atoms with Crippen molar-refractivity contribution in [3.05, 3.63) is 70.8 Å². The normalized spacial score (nSPS) is 12.5. The average Bonchev–Trinajstić information content (AvgIpc) is 2.56. The average molecular weight is 376 g/mol. The van der Waals surface area contributed by atoms with Crippen LogP contribution in [0.3, 0.4) is 0 Å². The second-order valence-electron chi connectivity index (χ2n) is 4.81. The maximum atomic E-state index is 12.8.